The molecule has 3 atom stereocenters. The Labute approximate surface area is 176 Å². The molecule has 3 heterocycles. The van der Waals surface area contributed by atoms with Crippen molar-refractivity contribution in [2.24, 2.45) is 11.8 Å². The number of esters is 1. The van der Waals surface area contributed by atoms with Crippen LogP contribution in [0.1, 0.15) is 41.2 Å². The van der Waals surface area contributed by atoms with Crippen molar-refractivity contribution in [3.63, 3.8) is 0 Å². The van der Waals surface area contributed by atoms with E-state index < -0.39 is 7.04 Å². The van der Waals surface area contributed by atoms with Gasteiger partial charge in [0, 0.05) is 29.7 Å². The van der Waals surface area contributed by atoms with Gasteiger partial charge >= 0.3 is 5.97 Å². The topological polar surface area (TPSA) is 63.8 Å². The molecule has 6 nitrogen and oxygen atoms in total. The van der Waals surface area contributed by atoms with Crippen LogP contribution in [0.5, 0.6) is 5.75 Å². The minimum absolute atomic E-state index is 0.00380. The standard InChI is InChI=1S/C23H30N2O4/c1-5-14-12-25-10-9-15-21-18(7-6-8-20(21)28-3)24-22(15)19(25)11-16(14)17(13-27-2)23(26)29-4/h6-8,13-14,16,19,24H,5,9-12H2,1-4H3/b17-13+/t14-,16+,19+/m1/s1/i3D3. The van der Waals surface area contributed by atoms with Crippen LogP contribution < -0.4 is 4.74 Å². The van der Waals surface area contributed by atoms with Gasteiger partial charge in [0.25, 0.3) is 0 Å². The number of hydrogen-bond donors (Lipinski definition) is 1. The summed E-state index contributed by atoms with van der Waals surface area (Å²) in [6.45, 7) is 3.89. The summed E-state index contributed by atoms with van der Waals surface area (Å²) in [5.41, 5.74) is 3.61. The molecule has 1 aromatic carbocycles. The maximum Gasteiger partial charge on any atom is 0.337 e. The molecule has 0 unspecified atom stereocenters. The number of aromatic amines is 1. The van der Waals surface area contributed by atoms with Gasteiger partial charge in [-0.15, -0.1) is 0 Å². The number of piperidine rings is 1. The van der Waals surface area contributed by atoms with Gasteiger partial charge < -0.3 is 19.2 Å². The molecule has 156 valence electrons. The average Bonchev–Trinajstić information content (AvgIpc) is 3.15. The second-order valence-electron chi connectivity index (χ2n) is 7.87. The highest BCUT2D eigenvalue weighted by molar-refractivity contribution is 5.91. The van der Waals surface area contributed by atoms with E-state index in [1.165, 1.54) is 13.4 Å². The molecule has 0 amide bonds. The van der Waals surface area contributed by atoms with E-state index in [2.05, 4.69) is 16.8 Å². The second kappa shape index (κ2) is 8.11. The van der Waals surface area contributed by atoms with E-state index in [9.17, 15) is 4.79 Å². The van der Waals surface area contributed by atoms with Crippen LogP contribution >= 0.6 is 0 Å². The Morgan fingerprint density at radius 1 is 1.41 bits per heavy atom. The first-order valence-electron chi connectivity index (χ1n) is 11.6. The number of H-pyrrole nitrogens is 1. The first kappa shape index (κ1) is 16.3. The molecule has 1 fully saturated rings. The number of methoxy groups -OCH3 is 3. The van der Waals surface area contributed by atoms with Crippen LogP contribution in [0.4, 0.5) is 0 Å². The van der Waals surface area contributed by atoms with Crippen LogP contribution in [-0.4, -0.2) is 50.2 Å². The van der Waals surface area contributed by atoms with Crippen LogP contribution in [0.2, 0.25) is 0 Å². The van der Waals surface area contributed by atoms with E-state index in [-0.39, 0.29) is 17.9 Å². The van der Waals surface area contributed by atoms with Crippen molar-refractivity contribution in [2.45, 2.75) is 32.2 Å². The van der Waals surface area contributed by atoms with Gasteiger partial charge in [-0.3, -0.25) is 4.90 Å². The van der Waals surface area contributed by atoms with E-state index in [1.54, 1.807) is 19.2 Å². The van der Waals surface area contributed by atoms with Crippen molar-refractivity contribution in [1.29, 1.82) is 0 Å². The summed E-state index contributed by atoms with van der Waals surface area (Å²) in [5.74, 6) is 0.336. The predicted molar refractivity (Wildman–Crippen MR) is 112 cm³/mol. The molecule has 29 heavy (non-hydrogen) atoms. The molecule has 2 aromatic rings. The molecule has 0 spiro atoms. The van der Waals surface area contributed by atoms with Gasteiger partial charge in [-0.05, 0) is 42.4 Å². The zero-order valence-electron chi connectivity index (χ0n) is 20.2. The molecule has 2 aliphatic rings. The summed E-state index contributed by atoms with van der Waals surface area (Å²) in [5, 5.41) is 0.841. The fourth-order valence-corrected chi connectivity index (χ4v) is 5.20. The maximum absolute atomic E-state index is 12.5. The summed E-state index contributed by atoms with van der Waals surface area (Å²) < 4.78 is 38.2. The minimum atomic E-state index is -2.51. The quantitative estimate of drug-likeness (QED) is 0.469. The van der Waals surface area contributed by atoms with Crippen molar-refractivity contribution in [1.82, 2.24) is 9.88 Å². The normalized spacial score (nSPS) is 26.7. The molecule has 0 aliphatic carbocycles. The zero-order valence-corrected chi connectivity index (χ0v) is 17.2. The highest BCUT2D eigenvalue weighted by Crippen LogP contribution is 2.47. The van der Waals surface area contributed by atoms with Gasteiger partial charge in [0.05, 0.1) is 43.2 Å². The van der Waals surface area contributed by atoms with Crippen LogP contribution in [0.25, 0.3) is 10.9 Å². The fraction of sp³-hybridized carbons (Fsp3) is 0.522. The molecular weight excluding hydrogens is 368 g/mol. The minimum Gasteiger partial charge on any atom is -0.504 e. The maximum atomic E-state index is 12.5. The lowest BCUT2D eigenvalue weighted by atomic mass is 9.74. The highest BCUT2D eigenvalue weighted by atomic mass is 16.5. The lowest BCUT2D eigenvalue weighted by Crippen LogP contribution is -2.47. The van der Waals surface area contributed by atoms with Crippen LogP contribution in [0, 0.1) is 11.8 Å². The molecule has 1 saturated heterocycles. The highest BCUT2D eigenvalue weighted by Gasteiger charge is 2.42. The molecule has 6 heteroatoms. The van der Waals surface area contributed by atoms with Gasteiger partial charge in [0.1, 0.15) is 5.75 Å². The number of hydrogen-bond acceptors (Lipinski definition) is 5. The molecule has 1 aromatic heterocycles. The van der Waals surface area contributed by atoms with Crippen molar-refractivity contribution in [3.8, 4) is 5.75 Å². The van der Waals surface area contributed by atoms with Crippen molar-refractivity contribution < 1.29 is 23.1 Å². The number of fused-ring (bicyclic) bond motifs is 5. The Bertz CT molecular complexity index is 1030. The molecule has 0 bridgehead atoms. The third-order valence-electron chi connectivity index (χ3n) is 6.56. The van der Waals surface area contributed by atoms with Crippen LogP contribution in [0.15, 0.2) is 30.0 Å². The summed E-state index contributed by atoms with van der Waals surface area (Å²) in [6.07, 6.45) is 4.03. The number of rotatable bonds is 5. The van der Waals surface area contributed by atoms with E-state index in [4.69, 9.17) is 18.3 Å². The SMILES string of the molecule is [2H]C([2H])([2H])Oc1cccc2[nH]c3c(c12)CCN1C[C@@H](CC)[C@@H](/C(=C\OC)C(=O)OC)C[C@@H]31. The molecular formula is C23H30N2O4. The molecule has 1 N–H and O–H groups in total. The number of nitrogens with one attached hydrogen (secondary N) is 1. The second-order valence-corrected chi connectivity index (χ2v) is 7.87. The number of nitrogens with zero attached hydrogens (tertiary/aromatic N) is 1. The Kier molecular flexibility index (Phi) is 4.57. The Balaban J connectivity index is 1.75. The first-order valence-corrected chi connectivity index (χ1v) is 10.1. The van der Waals surface area contributed by atoms with Crippen molar-refractivity contribution >= 4 is 16.9 Å². The number of benzene rings is 1. The summed E-state index contributed by atoms with van der Waals surface area (Å²) in [6, 6.07) is 5.55. The molecule has 2 aliphatic heterocycles. The van der Waals surface area contributed by atoms with E-state index in [1.807, 2.05) is 6.07 Å². The number of ether oxygens (including phenoxy) is 3. The largest absolute Gasteiger partial charge is 0.504 e. The summed E-state index contributed by atoms with van der Waals surface area (Å²) >= 11 is 0. The van der Waals surface area contributed by atoms with E-state index in [0.29, 0.717) is 17.2 Å². The van der Waals surface area contributed by atoms with Gasteiger partial charge in [0.2, 0.25) is 0 Å². The third kappa shape index (κ3) is 3.29. The molecule has 4 rings (SSSR count). The summed E-state index contributed by atoms with van der Waals surface area (Å²) in [4.78, 5) is 18.5. The van der Waals surface area contributed by atoms with E-state index >= 15 is 0 Å². The molecule has 0 radical (unpaired) electrons. The van der Waals surface area contributed by atoms with Crippen LogP contribution in [0.3, 0.4) is 0 Å². The number of carbonyl (C=O) groups excluding carboxylic acids is 1. The van der Waals surface area contributed by atoms with E-state index in [0.717, 1.165) is 54.5 Å². The monoisotopic (exact) mass is 401 g/mol. The summed E-state index contributed by atoms with van der Waals surface area (Å²) in [7, 11) is 0.427. The molecule has 0 saturated carbocycles. The van der Waals surface area contributed by atoms with Gasteiger partial charge in [-0.25, -0.2) is 4.79 Å². The number of aromatic nitrogens is 1. The predicted octanol–water partition coefficient (Wildman–Crippen LogP) is 3.83. The lowest BCUT2D eigenvalue weighted by molar-refractivity contribution is -0.137. The van der Waals surface area contributed by atoms with Crippen molar-refractivity contribution in [2.75, 3.05) is 34.3 Å². The van der Waals surface area contributed by atoms with Crippen molar-refractivity contribution in [3.05, 3.63) is 41.3 Å². The average molecular weight is 402 g/mol. The Hall–Kier alpha value is -2.47. The zero-order chi connectivity index (χ0) is 23.0. The third-order valence-corrected chi connectivity index (χ3v) is 6.56. The Morgan fingerprint density at radius 3 is 3.00 bits per heavy atom. The van der Waals surface area contributed by atoms with Gasteiger partial charge in [-0.2, -0.15) is 0 Å². The first-order chi connectivity index (χ1) is 15.3. The fourth-order valence-electron chi connectivity index (χ4n) is 5.20. The van der Waals surface area contributed by atoms with Crippen LogP contribution in [-0.2, 0) is 20.7 Å². The lowest BCUT2D eigenvalue weighted by Gasteiger charge is -2.46. The van der Waals surface area contributed by atoms with Gasteiger partial charge in [0.15, 0.2) is 0 Å². The van der Waals surface area contributed by atoms with Gasteiger partial charge in [-0.1, -0.05) is 19.4 Å². The number of carbonyl (C=O) groups is 1. The smallest absolute Gasteiger partial charge is 0.337 e. The Morgan fingerprint density at radius 2 is 2.28 bits per heavy atom.